The van der Waals surface area contributed by atoms with Crippen molar-refractivity contribution in [2.45, 2.75) is 13.8 Å². The van der Waals surface area contributed by atoms with Crippen LogP contribution in [0.3, 0.4) is 0 Å². The maximum absolute atomic E-state index is 11.5. The van der Waals surface area contributed by atoms with Crippen LogP contribution in [0, 0.1) is 19.8 Å². The number of carbonyl (C=O) groups is 1. The molecule has 1 aromatic heterocycles. The molecular formula is C9H13N5O. The summed E-state index contributed by atoms with van der Waals surface area (Å²) in [5.41, 5.74) is 1.56. The molecule has 0 spiro atoms. The van der Waals surface area contributed by atoms with Gasteiger partial charge in [0.05, 0.1) is 17.3 Å². The zero-order valence-electron chi connectivity index (χ0n) is 8.74. The largest absolute Gasteiger partial charge is 0.315 e. The lowest BCUT2D eigenvalue weighted by Crippen LogP contribution is -2.48. The minimum absolute atomic E-state index is 0.0372. The molecule has 6 nitrogen and oxygen atoms in total. The molecule has 0 saturated carbocycles. The molecule has 1 aliphatic heterocycles. The van der Waals surface area contributed by atoms with Gasteiger partial charge in [-0.15, -0.1) is 5.10 Å². The molecule has 1 fully saturated rings. The fourth-order valence-electron chi connectivity index (χ4n) is 1.20. The Morgan fingerprint density at radius 1 is 1.33 bits per heavy atom. The number of aromatic nitrogens is 3. The number of hydrogen-bond acceptors (Lipinski definition) is 5. The third-order valence-electron chi connectivity index (χ3n) is 2.48. The topological polar surface area (TPSA) is 79.8 Å². The standard InChI is InChI=1S/C9H13N5O/c1-5-6(2)13-14-9(11-5)12-8(15)7-3-10-4-7/h7,10H,3-4H2,1-2H3,(H,11,12,14,15). The highest BCUT2D eigenvalue weighted by molar-refractivity contribution is 5.91. The lowest BCUT2D eigenvalue weighted by atomic mass is 10.0. The Bertz CT molecular complexity index is 388. The molecule has 0 atom stereocenters. The van der Waals surface area contributed by atoms with E-state index in [0.29, 0.717) is 0 Å². The van der Waals surface area contributed by atoms with E-state index in [1.165, 1.54) is 0 Å². The number of rotatable bonds is 2. The Morgan fingerprint density at radius 2 is 2.07 bits per heavy atom. The summed E-state index contributed by atoms with van der Waals surface area (Å²) in [6.45, 7) is 5.12. The maximum Gasteiger partial charge on any atom is 0.249 e. The van der Waals surface area contributed by atoms with Crippen molar-refractivity contribution in [1.29, 1.82) is 0 Å². The second-order valence-electron chi connectivity index (χ2n) is 3.65. The molecule has 6 heteroatoms. The molecule has 15 heavy (non-hydrogen) atoms. The minimum atomic E-state index is -0.0428. The van der Waals surface area contributed by atoms with Crippen molar-refractivity contribution in [2.24, 2.45) is 5.92 Å². The first-order chi connectivity index (χ1) is 7.16. The van der Waals surface area contributed by atoms with Crippen LogP contribution in [0.15, 0.2) is 0 Å². The Hall–Kier alpha value is -1.56. The second kappa shape index (κ2) is 3.90. The minimum Gasteiger partial charge on any atom is -0.315 e. The number of amides is 1. The van der Waals surface area contributed by atoms with Crippen molar-refractivity contribution in [3.63, 3.8) is 0 Å². The van der Waals surface area contributed by atoms with Crippen molar-refractivity contribution in [3.8, 4) is 0 Å². The van der Waals surface area contributed by atoms with E-state index in [1.54, 1.807) is 0 Å². The summed E-state index contributed by atoms with van der Waals surface area (Å²) in [6.07, 6.45) is 0. The number of carbonyl (C=O) groups excluding carboxylic acids is 1. The van der Waals surface area contributed by atoms with Crippen molar-refractivity contribution in [1.82, 2.24) is 20.5 Å². The molecule has 0 unspecified atom stereocenters. The van der Waals surface area contributed by atoms with Gasteiger partial charge in [-0.3, -0.25) is 10.1 Å². The van der Waals surface area contributed by atoms with Gasteiger partial charge in [-0.05, 0) is 13.8 Å². The van der Waals surface area contributed by atoms with Crippen molar-refractivity contribution in [3.05, 3.63) is 11.4 Å². The van der Waals surface area contributed by atoms with Gasteiger partial charge in [0.25, 0.3) is 0 Å². The molecule has 2 rings (SSSR count). The number of aryl methyl sites for hydroxylation is 2. The predicted octanol–water partition coefficient (Wildman–Crippen LogP) is -0.354. The fraction of sp³-hybridized carbons (Fsp3) is 0.556. The SMILES string of the molecule is Cc1nnc(NC(=O)C2CNC2)nc1C. The molecule has 0 bridgehead atoms. The van der Waals surface area contributed by atoms with E-state index < -0.39 is 0 Å². The van der Waals surface area contributed by atoms with E-state index in [1.807, 2.05) is 13.8 Å². The Kier molecular flexibility index (Phi) is 2.59. The number of anilines is 1. The third-order valence-corrected chi connectivity index (χ3v) is 2.48. The van der Waals surface area contributed by atoms with Crippen molar-refractivity contribution >= 4 is 11.9 Å². The van der Waals surface area contributed by atoms with Crippen LogP contribution in [0.5, 0.6) is 0 Å². The van der Waals surface area contributed by atoms with E-state index >= 15 is 0 Å². The van der Waals surface area contributed by atoms with Crippen LogP contribution in [-0.2, 0) is 4.79 Å². The first-order valence-electron chi connectivity index (χ1n) is 4.86. The van der Waals surface area contributed by atoms with Crippen LogP contribution in [0.4, 0.5) is 5.95 Å². The molecule has 2 N–H and O–H groups in total. The molecule has 2 heterocycles. The molecule has 1 saturated heterocycles. The van der Waals surface area contributed by atoms with Crippen molar-refractivity contribution < 1.29 is 4.79 Å². The molecule has 1 aliphatic rings. The Labute approximate surface area is 87.5 Å². The Morgan fingerprint density at radius 3 is 2.60 bits per heavy atom. The summed E-state index contributed by atoms with van der Waals surface area (Å²) >= 11 is 0. The van der Waals surface area contributed by atoms with Crippen LogP contribution in [0.1, 0.15) is 11.4 Å². The van der Waals surface area contributed by atoms with E-state index in [2.05, 4.69) is 25.8 Å². The van der Waals surface area contributed by atoms with E-state index in [0.717, 1.165) is 24.5 Å². The quantitative estimate of drug-likeness (QED) is 0.692. The molecule has 80 valence electrons. The third kappa shape index (κ3) is 2.10. The van der Waals surface area contributed by atoms with Gasteiger partial charge in [-0.2, -0.15) is 5.10 Å². The highest BCUT2D eigenvalue weighted by Gasteiger charge is 2.25. The van der Waals surface area contributed by atoms with E-state index in [-0.39, 0.29) is 17.8 Å². The predicted molar refractivity (Wildman–Crippen MR) is 54.3 cm³/mol. The lowest BCUT2D eigenvalue weighted by molar-refractivity contribution is -0.121. The summed E-state index contributed by atoms with van der Waals surface area (Å²) in [5, 5.41) is 13.4. The average molecular weight is 207 g/mol. The van der Waals surface area contributed by atoms with Crippen LogP contribution in [0.2, 0.25) is 0 Å². The molecule has 1 aromatic rings. The monoisotopic (exact) mass is 207 g/mol. The number of nitrogens with one attached hydrogen (secondary N) is 2. The normalized spacial score (nSPS) is 15.9. The van der Waals surface area contributed by atoms with Gasteiger partial charge in [-0.25, -0.2) is 4.98 Å². The van der Waals surface area contributed by atoms with Gasteiger partial charge >= 0.3 is 0 Å². The summed E-state index contributed by atoms with van der Waals surface area (Å²) < 4.78 is 0. The number of nitrogens with zero attached hydrogens (tertiary/aromatic N) is 3. The van der Waals surface area contributed by atoms with Crippen LogP contribution < -0.4 is 10.6 Å². The zero-order valence-corrected chi connectivity index (χ0v) is 8.74. The first kappa shape index (κ1) is 9.97. The summed E-state index contributed by atoms with van der Waals surface area (Å²) in [6, 6.07) is 0. The van der Waals surface area contributed by atoms with Crippen LogP contribution >= 0.6 is 0 Å². The number of hydrogen-bond donors (Lipinski definition) is 2. The molecule has 1 amide bonds. The summed E-state index contributed by atoms with van der Waals surface area (Å²) in [7, 11) is 0. The smallest absolute Gasteiger partial charge is 0.249 e. The van der Waals surface area contributed by atoms with Gasteiger partial charge in [-0.1, -0.05) is 0 Å². The van der Waals surface area contributed by atoms with Gasteiger partial charge in [0, 0.05) is 13.1 Å². The van der Waals surface area contributed by atoms with Gasteiger partial charge < -0.3 is 5.32 Å². The Balaban J connectivity index is 2.03. The highest BCUT2D eigenvalue weighted by Crippen LogP contribution is 2.07. The zero-order chi connectivity index (χ0) is 10.8. The first-order valence-corrected chi connectivity index (χ1v) is 4.86. The lowest BCUT2D eigenvalue weighted by Gasteiger charge is -2.25. The maximum atomic E-state index is 11.5. The van der Waals surface area contributed by atoms with Gasteiger partial charge in [0.2, 0.25) is 11.9 Å². The summed E-state index contributed by atoms with van der Waals surface area (Å²) in [4.78, 5) is 15.7. The van der Waals surface area contributed by atoms with E-state index in [4.69, 9.17) is 0 Å². The average Bonchev–Trinajstić information content (AvgIpc) is 2.08. The van der Waals surface area contributed by atoms with Crippen LogP contribution in [0.25, 0.3) is 0 Å². The van der Waals surface area contributed by atoms with Crippen molar-refractivity contribution in [2.75, 3.05) is 18.4 Å². The second-order valence-corrected chi connectivity index (χ2v) is 3.65. The van der Waals surface area contributed by atoms with Gasteiger partial charge in [0.1, 0.15) is 0 Å². The molecule has 0 radical (unpaired) electrons. The van der Waals surface area contributed by atoms with Crippen LogP contribution in [-0.4, -0.2) is 34.2 Å². The molecular weight excluding hydrogens is 194 g/mol. The molecule has 0 aromatic carbocycles. The summed E-state index contributed by atoms with van der Waals surface area (Å²) in [5.74, 6) is 0.281. The molecule has 0 aliphatic carbocycles. The highest BCUT2D eigenvalue weighted by atomic mass is 16.2. The van der Waals surface area contributed by atoms with E-state index in [9.17, 15) is 4.79 Å². The fourth-order valence-corrected chi connectivity index (χ4v) is 1.20. The van der Waals surface area contributed by atoms with Gasteiger partial charge in [0.15, 0.2) is 0 Å².